The second-order valence-electron chi connectivity index (χ2n) is 4.57. The number of aldehydes is 1. The maximum Gasteiger partial charge on any atom is 0.172 e. The lowest BCUT2D eigenvalue weighted by Gasteiger charge is -2.08. The summed E-state index contributed by atoms with van der Waals surface area (Å²) in [4.78, 5) is 11.0. The molecule has 0 aliphatic carbocycles. The van der Waals surface area contributed by atoms with Gasteiger partial charge in [-0.15, -0.1) is 5.10 Å². The number of hydrogen-bond donors (Lipinski definition) is 1. The average molecular weight is 245 g/mol. The molecule has 2 aromatic rings. The lowest BCUT2D eigenvalue weighted by atomic mass is 10.1. The van der Waals surface area contributed by atoms with Gasteiger partial charge in [-0.3, -0.25) is 4.79 Å². The molecule has 0 saturated carbocycles. The molecule has 2 rings (SSSR count). The van der Waals surface area contributed by atoms with E-state index >= 15 is 0 Å². The van der Waals surface area contributed by atoms with Crippen LogP contribution in [0.3, 0.4) is 0 Å². The number of phenolic OH excluding ortho intramolecular Hbond substituents is 1. The number of aromatic nitrogens is 3. The van der Waals surface area contributed by atoms with Crippen molar-refractivity contribution < 1.29 is 9.90 Å². The molecule has 94 valence electrons. The third-order valence-corrected chi connectivity index (χ3v) is 2.60. The Labute approximate surface area is 105 Å². The number of hydrogen-bond acceptors (Lipinski definition) is 4. The number of carbonyl (C=O) groups is 1. The van der Waals surface area contributed by atoms with Crippen LogP contribution in [0.2, 0.25) is 0 Å². The Balaban J connectivity index is 2.46. The second kappa shape index (κ2) is 5.00. The fraction of sp³-hybridized carbons (Fsp3) is 0.308. The summed E-state index contributed by atoms with van der Waals surface area (Å²) in [7, 11) is 0. The minimum Gasteiger partial charge on any atom is -0.508 e. The number of aromatic hydroxyl groups is 1. The molecule has 0 aliphatic heterocycles. The van der Waals surface area contributed by atoms with Gasteiger partial charge < -0.3 is 5.11 Å². The molecule has 0 radical (unpaired) electrons. The molecule has 18 heavy (non-hydrogen) atoms. The Morgan fingerprint density at radius 3 is 2.56 bits per heavy atom. The fourth-order valence-electron chi connectivity index (χ4n) is 1.78. The molecular formula is C13H15N3O2. The van der Waals surface area contributed by atoms with Crippen LogP contribution >= 0.6 is 0 Å². The van der Waals surface area contributed by atoms with E-state index in [1.54, 1.807) is 28.9 Å². The number of phenols is 1. The van der Waals surface area contributed by atoms with Gasteiger partial charge in [0.05, 0.1) is 11.4 Å². The van der Waals surface area contributed by atoms with Gasteiger partial charge in [0, 0.05) is 0 Å². The summed E-state index contributed by atoms with van der Waals surface area (Å²) >= 11 is 0. The predicted molar refractivity (Wildman–Crippen MR) is 67.0 cm³/mol. The quantitative estimate of drug-likeness (QED) is 0.836. The molecule has 0 bridgehead atoms. The Hall–Kier alpha value is -2.17. The predicted octanol–water partition coefficient (Wildman–Crippen LogP) is 1.98. The van der Waals surface area contributed by atoms with Gasteiger partial charge in [-0.2, -0.15) is 0 Å². The van der Waals surface area contributed by atoms with Crippen molar-refractivity contribution in [3.63, 3.8) is 0 Å². The van der Waals surface area contributed by atoms with E-state index in [0.717, 1.165) is 24.1 Å². The molecule has 0 saturated heterocycles. The molecule has 1 aromatic carbocycles. The SMILES string of the molecule is CC(C)Cc1c(C=O)nnn1-c1ccc(O)cc1. The molecule has 0 aliphatic rings. The summed E-state index contributed by atoms with van der Waals surface area (Å²) < 4.78 is 1.64. The highest BCUT2D eigenvalue weighted by Crippen LogP contribution is 2.18. The summed E-state index contributed by atoms with van der Waals surface area (Å²) in [5.74, 6) is 0.595. The van der Waals surface area contributed by atoms with Crippen LogP contribution in [0, 0.1) is 5.92 Å². The first kappa shape index (κ1) is 12.3. The molecule has 1 heterocycles. The van der Waals surface area contributed by atoms with E-state index in [1.807, 2.05) is 0 Å². The average Bonchev–Trinajstić information content (AvgIpc) is 2.72. The third kappa shape index (κ3) is 2.40. The van der Waals surface area contributed by atoms with Gasteiger partial charge in [0.1, 0.15) is 11.4 Å². The molecule has 1 aromatic heterocycles. The highest BCUT2D eigenvalue weighted by atomic mass is 16.3. The topological polar surface area (TPSA) is 68.0 Å². The molecule has 1 N–H and O–H groups in total. The molecule has 0 amide bonds. The van der Waals surface area contributed by atoms with Crippen LogP contribution in [0.4, 0.5) is 0 Å². The van der Waals surface area contributed by atoms with Crippen LogP contribution in [0.25, 0.3) is 5.69 Å². The minimum atomic E-state index is 0.194. The highest BCUT2D eigenvalue weighted by Gasteiger charge is 2.14. The van der Waals surface area contributed by atoms with Crippen molar-refractivity contribution in [1.82, 2.24) is 15.0 Å². The lowest BCUT2D eigenvalue weighted by Crippen LogP contribution is -2.07. The van der Waals surface area contributed by atoms with Gasteiger partial charge in [0.2, 0.25) is 0 Å². The maximum absolute atomic E-state index is 11.0. The Kier molecular flexibility index (Phi) is 3.41. The number of nitrogens with zero attached hydrogens (tertiary/aromatic N) is 3. The molecular weight excluding hydrogens is 230 g/mol. The van der Waals surface area contributed by atoms with E-state index in [9.17, 15) is 9.90 Å². The standard InChI is InChI=1S/C13H15N3O2/c1-9(2)7-13-12(8-17)14-15-16(13)10-3-5-11(18)6-4-10/h3-6,8-9,18H,7H2,1-2H3. The summed E-state index contributed by atoms with van der Waals surface area (Å²) in [6, 6.07) is 6.64. The van der Waals surface area contributed by atoms with Gasteiger partial charge in [-0.25, -0.2) is 4.68 Å². The highest BCUT2D eigenvalue weighted by molar-refractivity contribution is 5.73. The van der Waals surface area contributed by atoms with Crippen LogP contribution < -0.4 is 0 Å². The summed E-state index contributed by atoms with van der Waals surface area (Å²) in [5.41, 5.74) is 1.95. The van der Waals surface area contributed by atoms with E-state index < -0.39 is 0 Å². The molecule has 5 heteroatoms. The molecule has 0 atom stereocenters. The van der Waals surface area contributed by atoms with Gasteiger partial charge in [-0.1, -0.05) is 19.1 Å². The van der Waals surface area contributed by atoms with Gasteiger partial charge in [0.15, 0.2) is 6.29 Å². The molecule has 0 unspecified atom stereocenters. The summed E-state index contributed by atoms with van der Waals surface area (Å²) in [5, 5.41) is 17.1. The largest absolute Gasteiger partial charge is 0.508 e. The number of carbonyl (C=O) groups excluding carboxylic acids is 1. The van der Waals surface area contributed by atoms with Crippen molar-refractivity contribution in [2.75, 3.05) is 0 Å². The van der Waals surface area contributed by atoms with Crippen molar-refractivity contribution in [1.29, 1.82) is 0 Å². The zero-order valence-corrected chi connectivity index (χ0v) is 10.4. The number of rotatable bonds is 4. The van der Waals surface area contributed by atoms with E-state index in [-0.39, 0.29) is 5.75 Å². The molecule has 0 fully saturated rings. The second-order valence-corrected chi connectivity index (χ2v) is 4.57. The maximum atomic E-state index is 11.0. The van der Waals surface area contributed by atoms with E-state index in [2.05, 4.69) is 24.2 Å². The van der Waals surface area contributed by atoms with Crippen molar-refractivity contribution in [2.24, 2.45) is 5.92 Å². The Bertz CT molecular complexity index is 544. The minimum absolute atomic E-state index is 0.194. The van der Waals surface area contributed by atoms with Crippen molar-refractivity contribution in [3.8, 4) is 11.4 Å². The first-order chi connectivity index (χ1) is 8.61. The van der Waals surface area contributed by atoms with Crippen LogP contribution in [-0.2, 0) is 6.42 Å². The zero-order chi connectivity index (χ0) is 13.1. The van der Waals surface area contributed by atoms with Gasteiger partial charge in [-0.05, 0) is 36.6 Å². The van der Waals surface area contributed by atoms with E-state index in [1.165, 1.54) is 0 Å². The summed E-state index contributed by atoms with van der Waals surface area (Å²) in [6.07, 6.45) is 1.45. The van der Waals surface area contributed by atoms with E-state index in [0.29, 0.717) is 11.6 Å². The lowest BCUT2D eigenvalue weighted by molar-refractivity contribution is 0.111. The van der Waals surface area contributed by atoms with Crippen molar-refractivity contribution in [2.45, 2.75) is 20.3 Å². The normalized spacial score (nSPS) is 10.8. The third-order valence-electron chi connectivity index (χ3n) is 2.60. The van der Waals surface area contributed by atoms with Gasteiger partial charge in [0.25, 0.3) is 0 Å². The van der Waals surface area contributed by atoms with Crippen LogP contribution in [-0.4, -0.2) is 26.4 Å². The Morgan fingerprint density at radius 1 is 1.33 bits per heavy atom. The monoisotopic (exact) mass is 245 g/mol. The number of benzene rings is 1. The fourth-order valence-corrected chi connectivity index (χ4v) is 1.78. The Morgan fingerprint density at radius 2 is 2.00 bits per heavy atom. The first-order valence-electron chi connectivity index (χ1n) is 5.81. The smallest absolute Gasteiger partial charge is 0.172 e. The zero-order valence-electron chi connectivity index (χ0n) is 10.4. The van der Waals surface area contributed by atoms with Crippen molar-refractivity contribution in [3.05, 3.63) is 35.7 Å². The van der Waals surface area contributed by atoms with Crippen LogP contribution in [0.15, 0.2) is 24.3 Å². The van der Waals surface area contributed by atoms with Gasteiger partial charge >= 0.3 is 0 Å². The molecule has 5 nitrogen and oxygen atoms in total. The first-order valence-corrected chi connectivity index (χ1v) is 5.81. The van der Waals surface area contributed by atoms with E-state index in [4.69, 9.17) is 0 Å². The van der Waals surface area contributed by atoms with Crippen LogP contribution in [0.5, 0.6) is 5.75 Å². The van der Waals surface area contributed by atoms with Crippen molar-refractivity contribution >= 4 is 6.29 Å². The summed E-state index contributed by atoms with van der Waals surface area (Å²) in [6.45, 7) is 4.14. The molecule has 0 spiro atoms. The van der Waals surface area contributed by atoms with Crippen LogP contribution in [0.1, 0.15) is 30.0 Å².